The summed E-state index contributed by atoms with van der Waals surface area (Å²) in [5.41, 5.74) is 2.79. The number of benzene rings is 2. The van der Waals surface area contributed by atoms with E-state index in [9.17, 15) is 18.8 Å². The van der Waals surface area contributed by atoms with Gasteiger partial charge >= 0.3 is 5.97 Å². The number of nitrogens with one attached hydrogen (secondary N) is 1. The smallest absolute Gasteiger partial charge is 0.340 e. The first-order valence-corrected chi connectivity index (χ1v) is 9.29. The van der Waals surface area contributed by atoms with Crippen molar-refractivity contribution < 1.29 is 23.5 Å². The lowest BCUT2D eigenvalue weighted by molar-refractivity contribution is -0.114. The first-order valence-electron chi connectivity index (χ1n) is 9.29. The number of carbonyl (C=O) groups is 3. The van der Waals surface area contributed by atoms with Gasteiger partial charge in [-0.2, -0.15) is 0 Å². The number of ether oxygens (including phenoxy) is 1. The van der Waals surface area contributed by atoms with Crippen LogP contribution in [0.1, 0.15) is 39.0 Å². The van der Waals surface area contributed by atoms with Crippen LogP contribution in [0.2, 0.25) is 0 Å². The second-order valence-corrected chi connectivity index (χ2v) is 6.83. The van der Waals surface area contributed by atoms with Crippen molar-refractivity contribution in [3.63, 3.8) is 0 Å². The SMILES string of the molecule is CC(=O)Nc1ccc(C(=O)COC(=O)c2cc(C)n(-c3ccccc3)c2C)c(F)c1. The van der Waals surface area contributed by atoms with Crippen molar-refractivity contribution >= 4 is 23.3 Å². The van der Waals surface area contributed by atoms with E-state index in [0.717, 1.165) is 17.4 Å². The predicted molar refractivity (Wildman–Crippen MR) is 111 cm³/mol. The fraction of sp³-hybridized carbons (Fsp3) is 0.174. The molecule has 1 N–H and O–H groups in total. The summed E-state index contributed by atoms with van der Waals surface area (Å²) in [6, 6.07) is 14.9. The normalized spacial score (nSPS) is 10.5. The second kappa shape index (κ2) is 8.73. The number of halogens is 1. The number of aryl methyl sites for hydroxylation is 1. The van der Waals surface area contributed by atoms with Crippen LogP contribution in [0.15, 0.2) is 54.6 Å². The molecule has 2 aromatic carbocycles. The standard InChI is InChI=1S/C23H21FN2O4/c1-14-11-20(15(2)26(14)18-7-5-4-6-8-18)23(29)30-13-22(28)19-10-9-17(12-21(19)24)25-16(3)27/h4-12H,13H2,1-3H3,(H,25,27). The number of hydrogen-bond acceptors (Lipinski definition) is 4. The van der Waals surface area contributed by atoms with Gasteiger partial charge in [0, 0.05) is 29.7 Å². The lowest BCUT2D eigenvalue weighted by Gasteiger charge is -2.10. The van der Waals surface area contributed by atoms with Crippen LogP contribution in [0.5, 0.6) is 0 Å². The molecule has 6 nitrogen and oxygen atoms in total. The summed E-state index contributed by atoms with van der Waals surface area (Å²) in [6.07, 6.45) is 0. The summed E-state index contributed by atoms with van der Waals surface area (Å²) in [7, 11) is 0. The van der Waals surface area contributed by atoms with Gasteiger partial charge in [0.05, 0.1) is 11.1 Å². The van der Waals surface area contributed by atoms with E-state index in [0.29, 0.717) is 11.3 Å². The minimum absolute atomic E-state index is 0.216. The van der Waals surface area contributed by atoms with Gasteiger partial charge in [0.2, 0.25) is 11.7 Å². The van der Waals surface area contributed by atoms with Gasteiger partial charge in [0.25, 0.3) is 0 Å². The highest BCUT2D eigenvalue weighted by Crippen LogP contribution is 2.22. The van der Waals surface area contributed by atoms with Crippen LogP contribution in [0.25, 0.3) is 5.69 Å². The van der Waals surface area contributed by atoms with Crippen LogP contribution in [0.4, 0.5) is 10.1 Å². The van der Waals surface area contributed by atoms with Gasteiger partial charge in [-0.3, -0.25) is 9.59 Å². The van der Waals surface area contributed by atoms with Gasteiger partial charge < -0.3 is 14.6 Å². The minimum atomic E-state index is -0.801. The number of ketones is 1. The Morgan fingerprint density at radius 2 is 1.70 bits per heavy atom. The number of nitrogens with zero attached hydrogens (tertiary/aromatic N) is 1. The van der Waals surface area contributed by atoms with Gasteiger partial charge in [-0.25, -0.2) is 9.18 Å². The Hall–Kier alpha value is -3.74. The average Bonchev–Trinajstić information content (AvgIpc) is 3.00. The monoisotopic (exact) mass is 408 g/mol. The summed E-state index contributed by atoms with van der Waals surface area (Å²) < 4.78 is 21.2. The molecule has 7 heteroatoms. The van der Waals surface area contributed by atoms with Crippen LogP contribution in [0.3, 0.4) is 0 Å². The number of esters is 1. The van der Waals surface area contributed by atoms with E-state index in [-0.39, 0.29) is 17.2 Å². The molecule has 0 saturated carbocycles. The molecular formula is C23H21FN2O4. The Morgan fingerprint density at radius 3 is 2.33 bits per heavy atom. The molecule has 0 aliphatic carbocycles. The zero-order valence-corrected chi connectivity index (χ0v) is 16.9. The quantitative estimate of drug-likeness (QED) is 0.489. The fourth-order valence-electron chi connectivity index (χ4n) is 3.25. The molecule has 0 fully saturated rings. The summed E-state index contributed by atoms with van der Waals surface area (Å²) in [5.74, 6) is -2.49. The first kappa shape index (κ1) is 21.0. The highest BCUT2D eigenvalue weighted by Gasteiger charge is 2.20. The van der Waals surface area contributed by atoms with Crippen LogP contribution in [-0.2, 0) is 9.53 Å². The zero-order valence-electron chi connectivity index (χ0n) is 16.9. The number of carbonyl (C=O) groups excluding carboxylic acids is 3. The van der Waals surface area contributed by atoms with Gasteiger partial charge in [-0.05, 0) is 50.2 Å². The average molecular weight is 408 g/mol. The molecule has 1 amide bonds. The minimum Gasteiger partial charge on any atom is -0.454 e. The number of amides is 1. The molecule has 0 aliphatic heterocycles. The predicted octanol–water partition coefficient (Wildman–Crippen LogP) is 4.23. The topological polar surface area (TPSA) is 77.4 Å². The molecule has 1 heterocycles. The number of anilines is 1. The molecule has 154 valence electrons. The van der Waals surface area contributed by atoms with Gasteiger partial charge in [0.15, 0.2) is 6.61 Å². The van der Waals surface area contributed by atoms with E-state index in [1.165, 1.54) is 19.1 Å². The van der Waals surface area contributed by atoms with Crippen LogP contribution in [-0.4, -0.2) is 28.8 Å². The number of Topliss-reactive ketones (excluding diaryl/α,β-unsaturated/α-hetero) is 1. The van der Waals surface area contributed by atoms with Crippen molar-refractivity contribution in [2.24, 2.45) is 0 Å². The third-order valence-electron chi connectivity index (χ3n) is 4.59. The zero-order chi connectivity index (χ0) is 21.8. The van der Waals surface area contributed by atoms with Crippen molar-refractivity contribution in [2.45, 2.75) is 20.8 Å². The molecule has 0 saturated heterocycles. The summed E-state index contributed by atoms with van der Waals surface area (Å²) in [4.78, 5) is 35.9. The van der Waals surface area contributed by atoms with Crippen LogP contribution < -0.4 is 5.32 Å². The Morgan fingerprint density at radius 1 is 1.00 bits per heavy atom. The molecule has 0 unspecified atom stereocenters. The molecule has 0 atom stereocenters. The van der Waals surface area contributed by atoms with Crippen molar-refractivity contribution in [3.05, 3.63) is 82.9 Å². The molecule has 0 spiro atoms. The largest absolute Gasteiger partial charge is 0.454 e. The van der Waals surface area contributed by atoms with E-state index in [1.807, 2.05) is 41.8 Å². The molecule has 0 radical (unpaired) electrons. The Kier molecular flexibility index (Phi) is 6.11. The molecular weight excluding hydrogens is 387 g/mol. The lowest BCUT2D eigenvalue weighted by atomic mass is 10.1. The summed E-state index contributed by atoms with van der Waals surface area (Å²) >= 11 is 0. The Bertz CT molecular complexity index is 1120. The maximum atomic E-state index is 14.2. The molecule has 3 aromatic rings. The number of para-hydroxylation sites is 1. The van der Waals surface area contributed by atoms with Crippen molar-refractivity contribution in [1.29, 1.82) is 0 Å². The third kappa shape index (κ3) is 4.46. The third-order valence-corrected chi connectivity index (χ3v) is 4.59. The van der Waals surface area contributed by atoms with Crippen molar-refractivity contribution in [1.82, 2.24) is 4.57 Å². The molecule has 3 rings (SSSR count). The van der Waals surface area contributed by atoms with Crippen LogP contribution >= 0.6 is 0 Å². The highest BCUT2D eigenvalue weighted by molar-refractivity contribution is 6.00. The second-order valence-electron chi connectivity index (χ2n) is 6.83. The fourth-order valence-corrected chi connectivity index (χ4v) is 3.25. The van der Waals surface area contributed by atoms with Gasteiger partial charge in [-0.1, -0.05) is 18.2 Å². The van der Waals surface area contributed by atoms with Gasteiger partial charge in [-0.15, -0.1) is 0 Å². The maximum absolute atomic E-state index is 14.2. The summed E-state index contributed by atoms with van der Waals surface area (Å²) in [6.45, 7) is 4.36. The van der Waals surface area contributed by atoms with Crippen LogP contribution in [0, 0.1) is 19.7 Å². The lowest BCUT2D eigenvalue weighted by Crippen LogP contribution is -2.16. The summed E-state index contributed by atoms with van der Waals surface area (Å²) in [5, 5.41) is 2.43. The van der Waals surface area contributed by atoms with E-state index < -0.39 is 24.2 Å². The van der Waals surface area contributed by atoms with Gasteiger partial charge in [0.1, 0.15) is 5.82 Å². The first-order chi connectivity index (χ1) is 14.3. The van der Waals surface area contributed by atoms with E-state index in [1.54, 1.807) is 13.0 Å². The molecule has 0 bridgehead atoms. The molecule has 30 heavy (non-hydrogen) atoms. The van der Waals surface area contributed by atoms with E-state index >= 15 is 0 Å². The number of hydrogen-bond donors (Lipinski definition) is 1. The van der Waals surface area contributed by atoms with E-state index in [4.69, 9.17) is 4.74 Å². The van der Waals surface area contributed by atoms with Crippen molar-refractivity contribution in [2.75, 3.05) is 11.9 Å². The maximum Gasteiger partial charge on any atom is 0.340 e. The molecule has 0 aliphatic rings. The van der Waals surface area contributed by atoms with E-state index in [2.05, 4.69) is 5.32 Å². The number of aromatic nitrogens is 1. The molecule has 1 aromatic heterocycles. The Balaban J connectivity index is 1.72. The van der Waals surface area contributed by atoms with Crippen molar-refractivity contribution in [3.8, 4) is 5.69 Å². The number of rotatable bonds is 6. The Labute approximate surface area is 173 Å². The highest BCUT2D eigenvalue weighted by atomic mass is 19.1.